The van der Waals surface area contributed by atoms with Crippen molar-refractivity contribution in [3.8, 4) is 17.2 Å². The molecule has 0 radical (unpaired) electrons. The van der Waals surface area contributed by atoms with E-state index in [1.807, 2.05) is 103 Å². The Hall–Kier alpha value is -12.1. The van der Waals surface area contributed by atoms with Gasteiger partial charge in [-0.05, 0) is 364 Å². The van der Waals surface area contributed by atoms with Gasteiger partial charge in [0, 0.05) is 57.8 Å². The molecule has 9 aromatic carbocycles. The van der Waals surface area contributed by atoms with E-state index in [0.717, 1.165) is 188 Å². The van der Waals surface area contributed by atoms with Crippen LogP contribution in [-0.2, 0) is 117 Å². The van der Waals surface area contributed by atoms with Gasteiger partial charge in [0.2, 0.25) is 0 Å². The number of aromatic nitrogens is 4. The number of carbonyl (C=O) groups is 5. The Balaban J connectivity index is 0.000000148. The number of halogens is 2. The molecule has 0 unspecified atom stereocenters. The Labute approximate surface area is 881 Å². The molecule has 0 aliphatic heterocycles. The van der Waals surface area contributed by atoms with E-state index in [0.29, 0.717) is 37.9 Å². The fourth-order valence-electron chi connectivity index (χ4n) is 19.7. The fourth-order valence-corrected chi connectivity index (χ4v) is 21.5. The summed E-state index contributed by atoms with van der Waals surface area (Å²) >= 11 is 2.84. The van der Waals surface area contributed by atoms with Gasteiger partial charge in [-0.25, -0.2) is 18.7 Å². The average Bonchev–Trinajstić information content (AvgIpc) is 1.76. The minimum absolute atomic E-state index is 0.0206. The number of aryl methyl sites for hydroxylation is 12. The number of methoxy groups -OCH3 is 3. The van der Waals surface area contributed by atoms with Crippen LogP contribution in [0.15, 0.2) is 170 Å². The monoisotopic (exact) mass is 2030 g/mol. The molecular weight excluding hydrogens is 1870 g/mol. The third kappa shape index (κ3) is 31.0. The van der Waals surface area contributed by atoms with Gasteiger partial charge in [0.15, 0.2) is 28.8 Å². The Kier molecular flexibility index (Phi) is 39.0. The van der Waals surface area contributed by atoms with Crippen molar-refractivity contribution in [2.24, 2.45) is 0 Å². The highest BCUT2D eigenvalue weighted by atomic mass is 32.1. The normalized spacial score (nSPS) is 14.5. The molecule has 3 aromatic heterocycles. The van der Waals surface area contributed by atoms with Gasteiger partial charge in [0.1, 0.15) is 15.5 Å². The SMILES string of the molecule is CC(C)(C)c1ccc(C(=O)Nc2ccc3c(c2)CCCCC3)cc1.CC(C)(C)c1ncc(C(=O)Nc2ccc3c(c2)CCCCC3)s1.CCn1nc(C(=O)Nc2ccc3c(c2)CCCCC3)cc1C.COc1c(NC(=O)c2ccc(C(C)(C)C)cc2)cc2c(c1F)CCCCC2.COc1c(NC(=O)c2cnc(C(C)(C)C)s2)cc2c(c1F)CCCCC2.COc1cc2c(cc1NCc1ccc(C(C)(C)C)cc1)CCCCC2. The Morgan fingerprint density at radius 1 is 0.340 bits per heavy atom. The Morgan fingerprint density at radius 2 is 0.660 bits per heavy atom. The molecule has 0 fully saturated rings. The maximum atomic E-state index is 15.0. The van der Waals surface area contributed by atoms with Gasteiger partial charge in [0.05, 0.1) is 60.8 Å². The number of fused-ring (bicyclic) bond motifs is 6. The topological polar surface area (TPSA) is 229 Å². The second-order valence-corrected chi connectivity index (χ2v) is 47.3. The molecule has 782 valence electrons. The van der Waals surface area contributed by atoms with Gasteiger partial charge in [-0.2, -0.15) is 5.10 Å². The fraction of sp³-hybridized carbons (Fsp3) is 0.456. The zero-order chi connectivity index (χ0) is 105. The lowest BCUT2D eigenvalue weighted by Gasteiger charge is -2.19. The zero-order valence-electron chi connectivity index (χ0n) is 90.9. The third-order valence-electron chi connectivity index (χ3n) is 28.5. The van der Waals surface area contributed by atoms with E-state index in [-0.39, 0.29) is 79.7 Å². The van der Waals surface area contributed by atoms with Gasteiger partial charge in [-0.1, -0.05) is 209 Å². The molecule has 5 amide bonds. The van der Waals surface area contributed by atoms with Crippen LogP contribution < -0.4 is 46.1 Å². The van der Waals surface area contributed by atoms with E-state index in [2.05, 4.69) is 224 Å². The summed E-state index contributed by atoms with van der Waals surface area (Å²) in [5.74, 6) is -0.274. The third-order valence-corrected chi connectivity index (χ3v) is 31.4. The maximum Gasteiger partial charge on any atom is 0.276 e. The molecule has 6 N–H and O–H groups in total. The molecule has 18 rings (SSSR count). The number of ether oxygens (including phenoxy) is 3. The summed E-state index contributed by atoms with van der Waals surface area (Å²) < 4.78 is 47.9. The molecule has 147 heavy (non-hydrogen) atoms. The molecular formula is C125H158F2N10O8S2. The number of nitrogens with zero attached hydrogens (tertiary/aromatic N) is 4. The van der Waals surface area contributed by atoms with Crippen LogP contribution >= 0.6 is 22.7 Å². The van der Waals surface area contributed by atoms with Crippen LogP contribution in [0.4, 0.5) is 42.9 Å². The number of hydrogen-bond donors (Lipinski definition) is 6. The second-order valence-electron chi connectivity index (χ2n) is 45.2. The minimum Gasteiger partial charge on any atom is -0.495 e. The molecule has 22 heteroatoms. The molecule has 0 saturated heterocycles. The van der Waals surface area contributed by atoms with E-state index < -0.39 is 0 Å². The van der Waals surface area contributed by atoms with Gasteiger partial charge < -0.3 is 46.1 Å². The highest BCUT2D eigenvalue weighted by Crippen LogP contribution is 2.42. The summed E-state index contributed by atoms with van der Waals surface area (Å²) in [7, 11) is 4.64. The molecule has 0 saturated carbocycles. The van der Waals surface area contributed by atoms with Gasteiger partial charge in [-0.15, -0.1) is 22.7 Å². The molecule has 6 aliphatic rings. The lowest BCUT2D eigenvalue weighted by molar-refractivity contribution is 0.101. The number of nitrogens with one attached hydrogen (secondary N) is 6. The van der Waals surface area contributed by atoms with Crippen LogP contribution in [0.3, 0.4) is 0 Å². The lowest BCUT2D eigenvalue weighted by atomic mass is 9.86. The maximum absolute atomic E-state index is 15.0. The van der Waals surface area contributed by atoms with Crippen molar-refractivity contribution in [3.63, 3.8) is 0 Å². The van der Waals surface area contributed by atoms with E-state index in [1.54, 1.807) is 19.5 Å². The smallest absolute Gasteiger partial charge is 0.276 e. The number of thiazole rings is 2. The summed E-state index contributed by atoms with van der Waals surface area (Å²) in [4.78, 5) is 72.6. The minimum atomic E-state index is -0.345. The molecule has 6 aliphatic carbocycles. The first-order valence-electron chi connectivity index (χ1n) is 53.5. The Bertz CT molecular complexity index is 6520. The van der Waals surface area contributed by atoms with E-state index in [9.17, 15) is 32.8 Å². The standard InChI is InChI=1S/C23H28FNO2.C23H31NO.C22H27NO.C20H25FN2O2S.C19H24N2OS.C18H23N3O/c1-23(2,3)17-12-10-15(11-13-17)22(26)25-19-14-16-8-6-5-7-9-18(16)20(24)21(19)27-4;1-23(2,3)20-12-10-17(11-13-20)16-24-21-14-18-8-6-5-7-9-19(18)15-22(21)25-4;1-22(2,3)19-12-9-17(10-13-19)21(24)23-20-14-11-16-7-5-4-6-8-18(16)15-20;1-20(2,3)19-22-11-15(26-19)18(24)23-14-10-12-8-6-5-7-9-13(12)16(21)17(14)25-4;1-19(2,3)18-20-12-16(23-18)17(22)21-15-10-9-13-7-5-4-6-8-14(13)11-15;1-3-21-13(2)11-17(20-21)18(22)19-16-10-9-14-7-5-4-6-8-15(14)12-16/h10-14H,5-9H2,1-4H3,(H,25,26);10-15,24H,5-9,16H2,1-4H3;9-15H,4-8H2,1-3H3,(H,23,24);10-11H,5-9H2,1-4H3,(H,23,24);9-12H,4-8H2,1-3H3,(H,21,22);9-12H,3-8H2,1-2H3,(H,19,22). The first-order valence-corrected chi connectivity index (χ1v) is 55.2. The molecule has 18 nitrogen and oxygen atoms in total. The van der Waals surface area contributed by atoms with Crippen LogP contribution in [-0.4, -0.2) is 70.6 Å². The molecule has 0 bridgehead atoms. The first-order chi connectivity index (χ1) is 70.1. The van der Waals surface area contributed by atoms with Crippen molar-refractivity contribution in [3.05, 3.63) is 313 Å². The van der Waals surface area contributed by atoms with Crippen molar-refractivity contribution < 1.29 is 47.0 Å². The second kappa shape index (κ2) is 51.2. The quantitative estimate of drug-likeness (QED) is 0.0468. The average molecular weight is 2030 g/mol. The number of hydrogen-bond acceptors (Lipinski definition) is 14. The molecule has 0 spiro atoms. The molecule has 3 heterocycles. The van der Waals surface area contributed by atoms with Crippen molar-refractivity contribution in [1.29, 1.82) is 0 Å². The van der Waals surface area contributed by atoms with E-state index >= 15 is 0 Å². The van der Waals surface area contributed by atoms with Crippen molar-refractivity contribution >= 4 is 86.3 Å². The highest BCUT2D eigenvalue weighted by molar-refractivity contribution is 7.14. The van der Waals surface area contributed by atoms with Crippen LogP contribution in [0.25, 0.3) is 0 Å². The lowest BCUT2D eigenvalue weighted by Crippen LogP contribution is -2.15. The Morgan fingerprint density at radius 3 is 1.01 bits per heavy atom. The summed E-state index contributed by atoms with van der Waals surface area (Å²) in [6, 6.07) is 53.5. The van der Waals surface area contributed by atoms with E-state index in [4.69, 9.17) is 14.2 Å². The zero-order valence-corrected chi connectivity index (χ0v) is 92.6. The summed E-state index contributed by atoms with van der Waals surface area (Å²) in [5.41, 5.74) is 27.4. The molecule has 12 aromatic rings. The van der Waals surface area contributed by atoms with Crippen molar-refractivity contribution in [2.45, 2.75) is 350 Å². The van der Waals surface area contributed by atoms with Crippen molar-refractivity contribution in [1.82, 2.24) is 19.7 Å². The molecule has 0 atom stereocenters. The van der Waals surface area contributed by atoms with Gasteiger partial charge in [-0.3, -0.25) is 28.7 Å². The van der Waals surface area contributed by atoms with E-state index in [1.165, 1.54) is 188 Å². The summed E-state index contributed by atoms with van der Waals surface area (Å²) in [6.07, 6.45) is 37.2. The number of anilines is 6. The van der Waals surface area contributed by atoms with Crippen LogP contribution in [0.1, 0.15) is 382 Å². The van der Waals surface area contributed by atoms with Crippen molar-refractivity contribution in [2.75, 3.05) is 53.2 Å². The van der Waals surface area contributed by atoms with Crippen LogP contribution in [0.5, 0.6) is 17.2 Å². The number of amides is 5. The van der Waals surface area contributed by atoms with Crippen LogP contribution in [0, 0.1) is 18.6 Å². The largest absolute Gasteiger partial charge is 0.495 e. The van der Waals surface area contributed by atoms with Gasteiger partial charge >= 0.3 is 0 Å². The predicted molar refractivity (Wildman–Crippen MR) is 603 cm³/mol. The number of carbonyl (C=O) groups excluding carboxylic acids is 5. The number of rotatable bonds is 17. The van der Waals surface area contributed by atoms with Gasteiger partial charge in [0.25, 0.3) is 29.5 Å². The highest BCUT2D eigenvalue weighted by Gasteiger charge is 2.30. The summed E-state index contributed by atoms with van der Waals surface area (Å²) in [6.45, 7) is 37.8. The summed E-state index contributed by atoms with van der Waals surface area (Å²) in [5, 5.41) is 24.5. The predicted octanol–water partition coefficient (Wildman–Crippen LogP) is 30.8. The van der Waals surface area contributed by atoms with Crippen LogP contribution in [0.2, 0.25) is 0 Å². The number of benzene rings is 9. The first kappa shape index (κ1) is 112.